The molecule has 2 aliphatic heterocycles. The number of nitrogens with one attached hydrogen (secondary N) is 1. The maximum Gasteiger partial charge on any atom is 0.211 e. The molecule has 0 aromatic carbocycles. The van der Waals surface area contributed by atoms with Crippen molar-refractivity contribution < 1.29 is 8.42 Å². The van der Waals surface area contributed by atoms with Gasteiger partial charge in [0.15, 0.2) is 0 Å². The van der Waals surface area contributed by atoms with E-state index >= 15 is 0 Å². The van der Waals surface area contributed by atoms with Crippen molar-refractivity contribution in [3.63, 3.8) is 0 Å². The van der Waals surface area contributed by atoms with Crippen LogP contribution in [0.1, 0.15) is 39.0 Å². The molecular formula is C20H29N5O2S. The molecule has 4 rings (SSSR count). The maximum absolute atomic E-state index is 11.7. The summed E-state index contributed by atoms with van der Waals surface area (Å²) in [6.07, 6.45) is 10.3. The van der Waals surface area contributed by atoms with Crippen molar-refractivity contribution in [3.05, 3.63) is 24.5 Å². The smallest absolute Gasteiger partial charge is 0.211 e. The number of hydrogen-bond acceptors (Lipinski definition) is 6. The van der Waals surface area contributed by atoms with Crippen LogP contribution in [0.3, 0.4) is 0 Å². The molecule has 1 N–H and O–H groups in total. The van der Waals surface area contributed by atoms with E-state index in [1.165, 1.54) is 25.5 Å². The van der Waals surface area contributed by atoms with Gasteiger partial charge in [-0.25, -0.2) is 22.7 Å². The Bertz CT molecular complexity index is 941. The minimum Gasteiger partial charge on any atom is -0.367 e. The SMILES string of the molecule is CC1CCCCN1c1nccc2cnc(NC3CCN(S(C)(=O)=O)CC3)cc12. The topological polar surface area (TPSA) is 78.4 Å². The third kappa shape index (κ3) is 4.07. The number of sulfonamides is 1. The highest BCUT2D eigenvalue weighted by Gasteiger charge is 2.25. The Morgan fingerprint density at radius 2 is 1.89 bits per heavy atom. The Hall–Kier alpha value is -1.93. The highest BCUT2D eigenvalue weighted by Crippen LogP contribution is 2.31. The van der Waals surface area contributed by atoms with Crippen molar-refractivity contribution >= 4 is 32.4 Å². The lowest BCUT2D eigenvalue weighted by Gasteiger charge is -2.35. The van der Waals surface area contributed by atoms with Crippen LogP contribution in [-0.2, 0) is 10.0 Å². The molecule has 28 heavy (non-hydrogen) atoms. The van der Waals surface area contributed by atoms with Crippen molar-refractivity contribution in [2.75, 3.05) is 36.1 Å². The highest BCUT2D eigenvalue weighted by molar-refractivity contribution is 7.88. The van der Waals surface area contributed by atoms with Gasteiger partial charge in [0, 0.05) is 54.9 Å². The summed E-state index contributed by atoms with van der Waals surface area (Å²) >= 11 is 0. The summed E-state index contributed by atoms with van der Waals surface area (Å²) in [6.45, 7) is 4.43. The Kier molecular flexibility index (Phi) is 5.42. The minimum atomic E-state index is -3.10. The molecule has 1 atom stereocenters. The fourth-order valence-corrected chi connectivity index (χ4v) is 5.19. The van der Waals surface area contributed by atoms with Gasteiger partial charge < -0.3 is 10.2 Å². The van der Waals surface area contributed by atoms with E-state index in [4.69, 9.17) is 4.98 Å². The number of fused-ring (bicyclic) bond motifs is 1. The van der Waals surface area contributed by atoms with Crippen LogP contribution in [0, 0.1) is 0 Å². The van der Waals surface area contributed by atoms with E-state index in [2.05, 4.69) is 28.2 Å². The van der Waals surface area contributed by atoms with Crippen molar-refractivity contribution in [1.29, 1.82) is 0 Å². The first kappa shape index (κ1) is 19.4. The van der Waals surface area contributed by atoms with Crippen molar-refractivity contribution in [2.24, 2.45) is 0 Å². The van der Waals surface area contributed by atoms with Gasteiger partial charge in [-0.3, -0.25) is 0 Å². The normalized spacial score (nSPS) is 22.5. The van der Waals surface area contributed by atoms with E-state index in [0.717, 1.165) is 41.8 Å². The quantitative estimate of drug-likeness (QED) is 0.846. The molecule has 4 heterocycles. The number of aromatic nitrogens is 2. The van der Waals surface area contributed by atoms with Crippen LogP contribution < -0.4 is 10.2 Å². The molecule has 8 heteroatoms. The molecule has 7 nitrogen and oxygen atoms in total. The second-order valence-electron chi connectivity index (χ2n) is 8.04. The number of hydrogen-bond donors (Lipinski definition) is 1. The fourth-order valence-electron chi connectivity index (χ4n) is 4.31. The lowest BCUT2D eigenvalue weighted by Crippen LogP contribution is -2.41. The predicted molar refractivity (Wildman–Crippen MR) is 113 cm³/mol. The van der Waals surface area contributed by atoms with Gasteiger partial charge in [-0.1, -0.05) is 0 Å². The molecule has 0 spiro atoms. The Balaban J connectivity index is 1.54. The first-order valence-corrected chi connectivity index (χ1v) is 12.0. The number of piperidine rings is 2. The molecular weight excluding hydrogens is 374 g/mol. The third-order valence-corrected chi connectivity index (χ3v) is 7.28. The van der Waals surface area contributed by atoms with Gasteiger partial charge in [0.2, 0.25) is 10.0 Å². The van der Waals surface area contributed by atoms with Crippen LogP contribution in [0.25, 0.3) is 10.8 Å². The van der Waals surface area contributed by atoms with Gasteiger partial charge in [-0.05, 0) is 51.2 Å². The summed E-state index contributed by atoms with van der Waals surface area (Å²) in [6, 6.07) is 4.84. The second kappa shape index (κ2) is 7.83. The zero-order chi connectivity index (χ0) is 19.7. The van der Waals surface area contributed by atoms with E-state index in [-0.39, 0.29) is 6.04 Å². The summed E-state index contributed by atoms with van der Waals surface area (Å²) < 4.78 is 24.9. The summed E-state index contributed by atoms with van der Waals surface area (Å²) in [5.41, 5.74) is 0. The van der Waals surface area contributed by atoms with Gasteiger partial charge in [0.05, 0.1) is 6.26 Å². The average molecular weight is 404 g/mol. The minimum absolute atomic E-state index is 0.233. The molecule has 2 aliphatic rings. The van der Waals surface area contributed by atoms with Crippen LogP contribution in [0.15, 0.2) is 24.5 Å². The van der Waals surface area contributed by atoms with Gasteiger partial charge in [0.1, 0.15) is 11.6 Å². The molecule has 2 aromatic heterocycles. The largest absolute Gasteiger partial charge is 0.367 e. The van der Waals surface area contributed by atoms with E-state index in [1.807, 2.05) is 18.5 Å². The van der Waals surface area contributed by atoms with Gasteiger partial charge in [-0.2, -0.15) is 0 Å². The standard InChI is InChI=1S/C20H29N5O2S/c1-15-5-3-4-10-25(15)20-18-13-19(22-14-16(18)6-9-21-20)23-17-7-11-24(12-8-17)28(2,26)27/h6,9,13-15,17H,3-5,7-8,10-12H2,1-2H3,(H,22,23). The molecule has 0 bridgehead atoms. The summed E-state index contributed by atoms with van der Waals surface area (Å²) in [7, 11) is -3.10. The zero-order valence-electron chi connectivity index (χ0n) is 16.6. The molecule has 0 saturated carbocycles. The fraction of sp³-hybridized carbons (Fsp3) is 0.600. The molecule has 0 amide bonds. The maximum atomic E-state index is 11.7. The lowest BCUT2D eigenvalue weighted by molar-refractivity contribution is 0.331. The Morgan fingerprint density at radius 1 is 1.11 bits per heavy atom. The van der Waals surface area contributed by atoms with Gasteiger partial charge in [-0.15, -0.1) is 0 Å². The Morgan fingerprint density at radius 3 is 2.61 bits per heavy atom. The number of pyridine rings is 2. The van der Waals surface area contributed by atoms with Crippen LogP contribution in [0.4, 0.5) is 11.6 Å². The zero-order valence-corrected chi connectivity index (χ0v) is 17.5. The number of anilines is 2. The van der Waals surface area contributed by atoms with Gasteiger partial charge >= 0.3 is 0 Å². The molecule has 152 valence electrons. The van der Waals surface area contributed by atoms with Crippen LogP contribution in [-0.4, -0.2) is 60.7 Å². The first-order chi connectivity index (χ1) is 13.4. The van der Waals surface area contributed by atoms with E-state index < -0.39 is 10.0 Å². The second-order valence-corrected chi connectivity index (χ2v) is 10.0. The molecule has 0 aliphatic carbocycles. The summed E-state index contributed by atoms with van der Waals surface area (Å²) in [5, 5.41) is 5.73. The van der Waals surface area contributed by atoms with Crippen molar-refractivity contribution in [3.8, 4) is 0 Å². The Labute approximate surface area is 167 Å². The molecule has 2 aromatic rings. The van der Waals surface area contributed by atoms with E-state index in [0.29, 0.717) is 19.1 Å². The van der Waals surface area contributed by atoms with Crippen molar-refractivity contribution in [1.82, 2.24) is 14.3 Å². The van der Waals surface area contributed by atoms with Crippen molar-refractivity contribution in [2.45, 2.75) is 51.1 Å². The van der Waals surface area contributed by atoms with Crippen LogP contribution in [0.2, 0.25) is 0 Å². The lowest BCUT2D eigenvalue weighted by atomic mass is 10.0. The average Bonchev–Trinajstić information content (AvgIpc) is 2.68. The number of rotatable bonds is 4. The van der Waals surface area contributed by atoms with Crippen LogP contribution >= 0.6 is 0 Å². The molecule has 1 unspecified atom stereocenters. The molecule has 0 radical (unpaired) electrons. The number of nitrogens with zero attached hydrogens (tertiary/aromatic N) is 4. The van der Waals surface area contributed by atoms with Crippen LogP contribution in [0.5, 0.6) is 0 Å². The predicted octanol–water partition coefficient (Wildman–Crippen LogP) is 2.84. The molecule has 2 saturated heterocycles. The van der Waals surface area contributed by atoms with Gasteiger partial charge in [0.25, 0.3) is 0 Å². The highest BCUT2D eigenvalue weighted by atomic mass is 32.2. The first-order valence-electron chi connectivity index (χ1n) is 10.1. The van der Waals surface area contributed by atoms with E-state index in [9.17, 15) is 8.42 Å². The summed E-state index contributed by atoms with van der Waals surface area (Å²) in [4.78, 5) is 11.7. The third-order valence-electron chi connectivity index (χ3n) is 5.98. The monoisotopic (exact) mass is 403 g/mol. The molecule has 2 fully saturated rings. The summed E-state index contributed by atoms with van der Waals surface area (Å²) in [5.74, 6) is 1.88. The van der Waals surface area contributed by atoms with E-state index in [1.54, 1.807) is 4.31 Å².